The standard InChI is InChI=1S/C24H26O5/c1-5-29-24(26)23-19(18-9-7-6-8-15(18)2)12-17(13-20(23)25)16-10-11-21(27-3)22(14-16)28-4/h6-11,13-14,19,23H,5,12H2,1-4H3. The summed E-state index contributed by atoms with van der Waals surface area (Å²) in [4.78, 5) is 25.7. The number of esters is 1. The minimum absolute atomic E-state index is 0.229. The number of aryl methyl sites for hydroxylation is 1. The molecule has 0 N–H and O–H groups in total. The summed E-state index contributed by atoms with van der Waals surface area (Å²) in [5.74, 6) is -0.589. The zero-order valence-electron chi connectivity index (χ0n) is 17.2. The van der Waals surface area contributed by atoms with E-state index in [2.05, 4.69) is 0 Å². The van der Waals surface area contributed by atoms with E-state index >= 15 is 0 Å². The smallest absolute Gasteiger partial charge is 0.317 e. The largest absolute Gasteiger partial charge is 0.493 e. The molecule has 152 valence electrons. The Morgan fingerprint density at radius 1 is 1.07 bits per heavy atom. The van der Waals surface area contributed by atoms with E-state index in [9.17, 15) is 9.59 Å². The van der Waals surface area contributed by atoms with Crippen LogP contribution >= 0.6 is 0 Å². The Kier molecular flexibility index (Phi) is 6.37. The van der Waals surface area contributed by atoms with Crippen LogP contribution in [0.3, 0.4) is 0 Å². The molecule has 2 unspecified atom stereocenters. The molecule has 2 aromatic rings. The summed E-state index contributed by atoms with van der Waals surface area (Å²) >= 11 is 0. The fourth-order valence-electron chi connectivity index (χ4n) is 3.92. The third-order valence-electron chi connectivity index (χ3n) is 5.35. The van der Waals surface area contributed by atoms with E-state index in [-0.39, 0.29) is 18.3 Å². The molecule has 0 aromatic heterocycles. The van der Waals surface area contributed by atoms with E-state index < -0.39 is 11.9 Å². The molecular weight excluding hydrogens is 368 g/mol. The number of allylic oxidation sites excluding steroid dienone is 2. The first-order valence-corrected chi connectivity index (χ1v) is 9.69. The van der Waals surface area contributed by atoms with Crippen LogP contribution in [0.1, 0.15) is 36.0 Å². The van der Waals surface area contributed by atoms with Gasteiger partial charge in [-0.05, 0) is 60.7 Å². The third-order valence-corrected chi connectivity index (χ3v) is 5.35. The summed E-state index contributed by atoms with van der Waals surface area (Å²) in [6, 6.07) is 13.4. The van der Waals surface area contributed by atoms with Crippen LogP contribution in [0.2, 0.25) is 0 Å². The van der Waals surface area contributed by atoms with Gasteiger partial charge >= 0.3 is 5.97 Å². The van der Waals surface area contributed by atoms with Crippen LogP contribution in [-0.4, -0.2) is 32.6 Å². The number of ether oxygens (including phenoxy) is 3. The van der Waals surface area contributed by atoms with Crippen molar-refractivity contribution in [2.75, 3.05) is 20.8 Å². The van der Waals surface area contributed by atoms with Gasteiger partial charge in [-0.15, -0.1) is 0 Å². The highest BCUT2D eigenvalue weighted by Gasteiger charge is 2.40. The number of methoxy groups -OCH3 is 2. The van der Waals surface area contributed by atoms with Gasteiger partial charge in [0.05, 0.1) is 20.8 Å². The van der Waals surface area contributed by atoms with Gasteiger partial charge in [-0.25, -0.2) is 0 Å². The second-order valence-electron chi connectivity index (χ2n) is 7.04. The van der Waals surface area contributed by atoms with Gasteiger partial charge in [-0.3, -0.25) is 9.59 Å². The number of benzene rings is 2. The number of hydrogen-bond donors (Lipinski definition) is 0. The van der Waals surface area contributed by atoms with Gasteiger partial charge in [0, 0.05) is 5.92 Å². The molecule has 0 fully saturated rings. The van der Waals surface area contributed by atoms with Gasteiger partial charge in [0.2, 0.25) is 0 Å². The van der Waals surface area contributed by atoms with E-state index in [0.717, 1.165) is 22.3 Å². The third kappa shape index (κ3) is 4.19. The molecule has 2 atom stereocenters. The molecule has 0 bridgehead atoms. The van der Waals surface area contributed by atoms with Crippen molar-refractivity contribution < 1.29 is 23.8 Å². The van der Waals surface area contributed by atoms with Crippen molar-refractivity contribution in [3.8, 4) is 11.5 Å². The van der Waals surface area contributed by atoms with Crippen molar-refractivity contribution in [1.82, 2.24) is 0 Å². The zero-order valence-corrected chi connectivity index (χ0v) is 17.2. The van der Waals surface area contributed by atoms with Crippen molar-refractivity contribution in [3.63, 3.8) is 0 Å². The van der Waals surface area contributed by atoms with Crippen molar-refractivity contribution in [2.24, 2.45) is 5.92 Å². The van der Waals surface area contributed by atoms with Gasteiger partial charge in [-0.1, -0.05) is 30.3 Å². The maximum Gasteiger partial charge on any atom is 0.317 e. The van der Waals surface area contributed by atoms with Crippen LogP contribution in [0.25, 0.3) is 5.57 Å². The topological polar surface area (TPSA) is 61.8 Å². The predicted octanol–water partition coefficient (Wildman–Crippen LogP) is 4.33. The second kappa shape index (κ2) is 8.95. The molecule has 3 rings (SSSR count). The number of carbonyl (C=O) groups excluding carboxylic acids is 2. The Hall–Kier alpha value is -3.08. The lowest BCUT2D eigenvalue weighted by Crippen LogP contribution is -2.34. The van der Waals surface area contributed by atoms with Crippen molar-refractivity contribution >= 4 is 17.3 Å². The lowest BCUT2D eigenvalue weighted by molar-refractivity contribution is -0.151. The first kappa shape index (κ1) is 20.6. The average molecular weight is 394 g/mol. The van der Waals surface area contributed by atoms with E-state index in [0.29, 0.717) is 17.9 Å². The minimum Gasteiger partial charge on any atom is -0.493 e. The molecule has 29 heavy (non-hydrogen) atoms. The van der Waals surface area contributed by atoms with Crippen LogP contribution in [0, 0.1) is 12.8 Å². The lowest BCUT2D eigenvalue weighted by atomic mass is 9.72. The fraction of sp³-hybridized carbons (Fsp3) is 0.333. The Morgan fingerprint density at radius 2 is 1.79 bits per heavy atom. The number of rotatable bonds is 6. The highest BCUT2D eigenvalue weighted by atomic mass is 16.5. The van der Waals surface area contributed by atoms with Crippen molar-refractivity contribution in [1.29, 1.82) is 0 Å². The molecule has 0 radical (unpaired) electrons. The quantitative estimate of drug-likeness (QED) is 0.539. The summed E-state index contributed by atoms with van der Waals surface area (Å²) < 4.78 is 15.9. The van der Waals surface area contributed by atoms with Gasteiger partial charge in [0.15, 0.2) is 17.3 Å². The Morgan fingerprint density at radius 3 is 2.45 bits per heavy atom. The van der Waals surface area contributed by atoms with Gasteiger partial charge < -0.3 is 14.2 Å². The summed E-state index contributed by atoms with van der Waals surface area (Å²) in [6.07, 6.45) is 2.12. The minimum atomic E-state index is -0.833. The zero-order chi connectivity index (χ0) is 21.0. The Bertz CT molecular complexity index is 944. The number of ketones is 1. The van der Waals surface area contributed by atoms with Crippen LogP contribution in [0.4, 0.5) is 0 Å². The molecule has 5 heteroatoms. The molecule has 1 aliphatic carbocycles. The maximum absolute atomic E-state index is 13.0. The highest BCUT2D eigenvalue weighted by molar-refractivity contribution is 6.10. The monoisotopic (exact) mass is 394 g/mol. The van der Waals surface area contributed by atoms with Crippen LogP contribution < -0.4 is 9.47 Å². The summed E-state index contributed by atoms with van der Waals surface area (Å²) in [5, 5.41) is 0. The number of hydrogen-bond acceptors (Lipinski definition) is 5. The summed E-state index contributed by atoms with van der Waals surface area (Å²) in [5.41, 5.74) is 3.78. The van der Waals surface area contributed by atoms with Gasteiger partial charge in [-0.2, -0.15) is 0 Å². The van der Waals surface area contributed by atoms with Crippen LogP contribution in [-0.2, 0) is 14.3 Å². The first-order valence-electron chi connectivity index (χ1n) is 9.69. The molecule has 0 spiro atoms. The summed E-state index contributed by atoms with van der Waals surface area (Å²) in [6.45, 7) is 3.99. The Balaban J connectivity index is 2.06. The lowest BCUT2D eigenvalue weighted by Gasteiger charge is -2.30. The highest BCUT2D eigenvalue weighted by Crippen LogP contribution is 2.42. The normalized spacial score (nSPS) is 18.8. The molecule has 0 amide bonds. The molecule has 1 aliphatic rings. The fourth-order valence-corrected chi connectivity index (χ4v) is 3.92. The van der Waals surface area contributed by atoms with Gasteiger partial charge in [0.25, 0.3) is 0 Å². The SMILES string of the molecule is CCOC(=O)C1C(=O)C=C(c2ccc(OC)c(OC)c2)CC1c1ccccc1C. The molecular formula is C24H26O5. The number of carbonyl (C=O) groups is 2. The van der Waals surface area contributed by atoms with E-state index in [1.54, 1.807) is 27.2 Å². The van der Waals surface area contributed by atoms with Crippen molar-refractivity contribution in [3.05, 3.63) is 65.2 Å². The van der Waals surface area contributed by atoms with E-state index in [4.69, 9.17) is 14.2 Å². The second-order valence-corrected chi connectivity index (χ2v) is 7.04. The van der Waals surface area contributed by atoms with Crippen LogP contribution in [0.15, 0.2) is 48.5 Å². The van der Waals surface area contributed by atoms with Gasteiger partial charge in [0.1, 0.15) is 5.92 Å². The molecule has 0 heterocycles. The maximum atomic E-state index is 13.0. The predicted molar refractivity (Wildman–Crippen MR) is 111 cm³/mol. The molecule has 0 saturated carbocycles. The summed E-state index contributed by atoms with van der Waals surface area (Å²) in [7, 11) is 3.16. The van der Waals surface area contributed by atoms with E-state index in [1.165, 1.54) is 0 Å². The van der Waals surface area contributed by atoms with Crippen molar-refractivity contribution in [2.45, 2.75) is 26.2 Å². The molecule has 5 nitrogen and oxygen atoms in total. The molecule has 2 aromatic carbocycles. The first-order chi connectivity index (χ1) is 14.0. The Labute approximate surface area is 171 Å². The molecule has 0 saturated heterocycles. The molecule has 0 aliphatic heterocycles. The van der Waals surface area contributed by atoms with E-state index in [1.807, 2.05) is 49.4 Å². The van der Waals surface area contributed by atoms with Crippen LogP contribution in [0.5, 0.6) is 11.5 Å². The average Bonchev–Trinajstić information content (AvgIpc) is 2.73.